The molecule has 8 aliphatic rings. The van der Waals surface area contributed by atoms with Gasteiger partial charge in [-0.25, -0.2) is 8.78 Å². The minimum absolute atomic E-state index is 0.0112. The first-order chi connectivity index (χ1) is 50.2. The van der Waals surface area contributed by atoms with Gasteiger partial charge in [0.15, 0.2) is 0 Å². The molecule has 25 nitrogen and oxygen atoms in total. The third-order valence-electron chi connectivity index (χ3n) is 24.8. The summed E-state index contributed by atoms with van der Waals surface area (Å²) < 4.78 is 121. The maximum Gasteiger partial charge on any atom is 0.397 e. The van der Waals surface area contributed by atoms with Gasteiger partial charge in [0.25, 0.3) is 0 Å². The number of ether oxygens (including phenoxy) is 1. The summed E-state index contributed by atoms with van der Waals surface area (Å²) in [6.07, 6.45) is -16.0. The molecule has 107 heavy (non-hydrogen) atoms. The number of fused-ring (bicyclic) bond motifs is 4. The highest BCUT2D eigenvalue weighted by molar-refractivity contribution is 6.01. The van der Waals surface area contributed by atoms with E-state index in [1.54, 1.807) is 27.7 Å². The lowest BCUT2D eigenvalue weighted by Gasteiger charge is -2.46. The maximum atomic E-state index is 15.5. The van der Waals surface area contributed by atoms with Gasteiger partial charge in [-0.2, -0.15) is 26.3 Å². The van der Waals surface area contributed by atoms with E-state index in [4.69, 9.17) is 4.74 Å². The number of rotatable bonds is 12. The third kappa shape index (κ3) is 19.4. The fourth-order valence-electron chi connectivity index (χ4n) is 17.7. The number of nitrogens with zero attached hydrogens (tertiary/aromatic N) is 9. The van der Waals surface area contributed by atoms with Crippen LogP contribution in [-0.4, -0.2) is 288 Å². The zero-order chi connectivity index (χ0) is 79.2. The number of nitrogens with one attached hydrogen (secondary N) is 3. The van der Waals surface area contributed by atoms with E-state index in [1.165, 1.54) is 73.8 Å². The second-order valence-electron chi connectivity index (χ2n) is 32.2. The highest BCUT2D eigenvalue weighted by atomic mass is 19.4. The number of alkyl halides is 8. The van der Waals surface area contributed by atoms with E-state index in [0.717, 1.165) is 19.6 Å². The summed E-state index contributed by atoms with van der Waals surface area (Å²) in [5.41, 5.74) is -1.68. The molecule has 2 bridgehead atoms. The molecule has 4 saturated carbocycles. The van der Waals surface area contributed by atoms with Gasteiger partial charge in [-0.15, -0.1) is 0 Å². The van der Waals surface area contributed by atoms with Crippen LogP contribution in [0.3, 0.4) is 0 Å². The minimum Gasteiger partial charge on any atom is -0.377 e. The summed E-state index contributed by atoms with van der Waals surface area (Å²) in [4.78, 5) is 192. The number of halogens is 8. The summed E-state index contributed by atoms with van der Waals surface area (Å²) in [6, 6.07) is -12.3. The molecule has 4 aliphatic carbocycles. The SMILES string of the molecule is CCO[C@@H]1C[C@H]2C(=O)NC3(CCC3)C(=O)N(C)[C@@H](C3CCCC3)C(=O)N(C)[C@H](C(=O)N(C)C)CC(=O)N(C)[C@@H](CC)C(=O)N[C@@H]([C@@H](C)CC)C(=O)N3CC[C@H]3C(=O)N(C)[C@H]3C[C@@H](C)CCN(C3=O)[C@@H](CC3CCC(C(F)(F)F)CC3)C(=O)N(C)CC(=O)N[C@@H](CCC3CC(F)C(C(F)(F)F)C(F)C3)C(=O)N2C1. The first-order valence-corrected chi connectivity index (χ1v) is 38.6. The molecule has 4 saturated heterocycles. The second-order valence-corrected chi connectivity index (χ2v) is 32.2. The van der Waals surface area contributed by atoms with Gasteiger partial charge in [0.2, 0.25) is 70.9 Å². The number of carbonyl (C=O) groups is 12. The van der Waals surface area contributed by atoms with Crippen molar-refractivity contribution >= 4 is 70.9 Å². The highest BCUT2D eigenvalue weighted by Crippen LogP contribution is 2.46. The summed E-state index contributed by atoms with van der Waals surface area (Å²) in [7, 11) is 9.62. The Kier molecular flexibility index (Phi) is 28.7. The van der Waals surface area contributed by atoms with Crippen molar-refractivity contribution in [3.8, 4) is 0 Å². The number of carbonyl (C=O) groups excluding carboxylic acids is 12. The van der Waals surface area contributed by atoms with Gasteiger partial charge in [-0.1, -0.05) is 47.0 Å². The smallest absolute Gasteiger partial charge is 0.377 e. The van der Waals surface area contributed by atoms with Crippen molar-refractivity contribution in [1.29, 1.82) is 0 Å². The van der Waals surface area contributed by atoms with Crippen molar-refractivity contribution in [2.24, 2.45) is 41.4 Å². The molecule has 0 aromatic heterocycles. The Hall–Kier alpha value is -6.96. The lowest BCUT2D eigenvalue weighted by molar-refractivity contribution is -0.219. The van der Waals surface area contributed by atoms with Crippen LogP contribution >= 0.6 is 0 Å². The van der Waals surface area contributed by atoms with Crippen LogP contribution in [0.5, 0.6) is 0 Å². The topological polar surface area (TPSA) is 279 Å². The molecule has 8 rings (SSSR count). The Labute approximate surface area is 622 Å². The molecule has 4 aliphatic heterocycles. The molecular formula is C74H114F8N12O13. The molecule has 0 radical (unpaired) electrons. The van der Waals surface area contributed by atoms with Gasteiger partial charge in [0.05, 0.1) is 25.0 Å². The summed E-state index contributed by atoms with van der Waals surface area (Å²) in [6.45, 7) is 7.60. The van der Waals surface area contributed by atoms with Crippen LogP contribution in [0.2, 0.25) is 0 Å². The standard InChI is InChI=1S/C74H114F8N12O13/c1-13-42(5)60-69(104)92-32-28-52(92)67(102)89(10)54-33-41(4)27-31-93(68(54)103)56(36-43-21-24-46(25-22-43)73(77,78)79)66(101)87(8)40-57(95)83-50(26-23-44-34-48(75)59(49(76)35-44)74(80,81)82)64(99)94-39-47(107-15-3)37-53(94)63(98)85-72(29-18-30-72)71(106)91(12)61(45-19-16-17-20-45)70(105)90(11)55(65(100)86(6)7)38-58(96)88(9)51(14-2)62(97)84-60/h41-56,59-61H,13-40H2,1-12H3,(H,83,95)(H,84,97)(H,85,98)/t41-,42-,43?,44?,46?,47+,48?,49?,50-,51-,52-,53-,54-,55-,56-,59?,60-,61-/m0/s1. The van der Waals surface area contributed by atoms with E-state index in [2.05, 4.69) is 16.0 Å². The van der Waals surface area contributed by atoms with Crippen LogP contribution in [-0.2, 0) is 62.3 Å². The van der Waals surface area contributed by atoms with E-state index in [1.807, 2.05) is 6.92 Å². The molecule has 3 N–H and O–H groups in total. The lowest BCUT2D eigenvalue weighted by Crippen LogP contribution is -2.68. The largest absolute Gasteiger partial charge is 0.397 e. The molecule has 604 valence electrons. The van der Waals surface area contributed by atoms with Crippen LogP contribution in [0, 0.1) is 41.4 Å². The Morgan fingerprint density at radius 2 is 1.24 bits per heavy atom. The van der Waals surface area contributed by atoms with Gasteiger partial charge >= 0.3 is 12.4 Å². The van der Waals surface area contributed by atoms with Crippen molar-refractivity contribution in [2.75, 3.05) is 82.1 Å². The highest BCUT2D eigenvalue weighted by Gasteiger charge is 2.57. The molecule has 8 fully saturated rings. The van der Waals surface area contributed by atoms with Crippen molar-refractivity contribution in [3.63, 3.8) is 0 Å². The van der Waals surface area contributed by atoms with Crippen molar-refractivity contribution < 1.29 is 97.4 Å². The molecule has 14 atom stereocenters. The van der Waals surface area contributed by atoms with Gasteiger partial charge < -0.3 is 64.8 Å². The number of hydrogen-bond acceptors (Lipinski definition) is 13. The van der Waals surface area contributed by atoms with Crippen LogP contribution < -0.4 is 16.0 Å². The first kappa shape index (κ1) is 85.6. The molecule has 4 heterocycles. The molecular weight excluding hydrogens is 1420 g/mol. The Balaban J connectivity index is 1.20. The zero-order valence-corrected chi connectivity index (χ0v) is 64.1. The zero-order valence-electron chi connectivity index (χ0n) is 64.1. The maximum absolute atomic E-state index is 15.5. The number of hydrogen-bond donors (Lipinski definition) is 3. The van der Waals surface area contributed by atoms with E-state index in [9.17, 15) is 50.3 Å². The predicted molar refractivity (Wildman–Crippen MR) is 374 cm³/mol. The molecule has 12 amide bonds. The molecule has 1 spiro atoms. The normalized spacial score (nSPS) is 33.6. The third-order valence-corrected chi connectivity index (χ3v) is 24.8. The fourth-order valence-corrected chi connectivity index (χ4v) is 17.7. The Morgan fingerprint density at radius 3 is 1.79 bits per heavy atom. The molecule has 33 heteroatoms. The summed E-state index contributed by atoms with van der Waals surface area (Å²) in [5, 5.41) is 8.42. The van der Waals surface area contributed by atoms with Gasteiger partial charge in [0.1, 0.15) is 78.2 Å². The van der Waals surface area contributed by atoms with Crippen LogP contribution in [0.15, 0.2) is 0 Å². The van der Waals surface area contributed by atoms with Crippen LogP contribution in [0.1, 0.15) is 182 Å². The van der Waals surface area contributed by atoms with Crippen LogP contribution in [0.25, 0.3) is 0 Å². The average Bonchev–Trinajstić information content (AvgIpc) is 1.59. The van der Waals surface area contributed by atoms with Gasteiger partial charge in [0, 0.05) is 82.0 Å². The van der Waals surface area contributed by atoms with E-state index in [-0.39, 0.29) is 116 Å². The van der Waals surface area contributed by atoms with Crippen molar-refractivity contribution in [2.45, 2.75) is 273 Å². The lowest BCUT2D eigenvalue weighted by atomic mass is 9.74. The molecule has 0 aromatic carbocycles. The van der Waals surface area contributed by atoms with E-state index < -0.39 is 229 Å². The van der Waals surface area contributed by atoms with Gasteiger partial charge in [-0.3, -0.25) is 57.5 Å². The minimum atomic E-state index is -5.21. The summed E-state index contributed by atoms with van der Waals surface area (Å²) >= 11 is 0. The fraction of sp³-hybridized carbons (Fsp3) is 0.838. The average molecular weight is 1530 g/mol. The Bertz CT molecular complexity index is 3210. The quantitative estimate of drug-likeness (QED) is 0.191. The predicted octanol–water partition coefficient (Wildman–Crippen LogP) is 5.94. The Morgan fingerprint density at radius 1 is 0.617 bits per heavy atom. The van der Waals surface area contributed by atoms with E-state index >= 15 is 42.3 Å². The number of amides is 12. The van der Waals surface area contributed by atoms with Gasteiger partial charge in [-0.05, 0) is 152 Å². The van der Waals surface area contributed by atoms with Crippen LogP contribution in [0.4, 0.5) is 35.1 Å². The molecule has 2 unspecified atom stereocenters. The second kappa shape index (κ2) is 35.8. The monoisotopic (exact) mass is 1530 g/mol. The van der Waals surface area contributed by atoms with E-state index in [0.29, 0.717) is 38.5 Å². The van der Waals surface area contributed by atoms with Crippen molar-refractivity contribution in [3.05, 3.63) is 0 Å². The van der Waals surface area contributed by atoms with Crippen molar-refractivity contribution in [1.82, 2.24) is 60.0 Å². The number of likely N-dealkylation sites (N-methyl/N-ethyl adjacent to an activating group) is 6. The molecule has 0 aromatic rings. The summed E-state index contributed by atoms with van der Waals surface area (Å²) in [5.74, 6) is -16.7. The first-order valence-electron chi connectivity index (χ1n) is 38.6.